The van der Waals surface area contributed by atoms with Gasteiger partial charge in [0.2, 0.25) is 5.91 Å². The number of hydrogen-bond acceptors (Lipinski definition) is 4. The summed E-state index contributed by atoms with van der Waals surface area (Å²) >= 11 is 0. The van der Waals surface area contributed by atoms with E-state index in [2.05, 4.69) is 15.7 Å². The molecule has 1 saturated carbocycles. The first-order chi connectivity index (χ1) is 14.1. The van der Waals surface area contributed by atoms with Gasteiger partial charge in [-0.3, -0.25) is 19.2 Å². The number of carbonyl (C=O) groups excluding carboxylic acids is 3. The summed E-state index contributed by atoms with van der Waals surface area (Å²) in [4.78, 5) is 38.5. The molecule has 4 amide bonds. The molecule has 1 spiro atoms. The van der Waals surface area contributed by atoms with E-state index in [9.17, 15) is 14.4 Å². The van der Waals surface area contributed by atoms with Gasteiger partial charge in [0.1, 0.15) is 5.54 Å². The summed E-state index contributed by atoms with van der Waals surface area (Å²) in [6, 6.07) is 9.12. The van der Waals surface area contributed by atoms with Crippen molar-refractivity contribution in [3.63, 3.8) is 0 Å². The lowest BCUT2D eigenvalue weighted by molar-refractivity contribution is -0.131. The van der Waals surface area contributed by atoms with Gasteiger partial charge < -0.3 is 10.6 Å². The first kappa shape index (κ1) is 19.2. The van der Waals surface area contributed by atoms with Crippen LogP contribution in [-0.2, 0) is 16.1 Å². The lowest BCUT2D eigenvalue weighted by atomic mass is 9.98. The first-order valence-electron chi connectivity index (χ1n) is 10.1. The van der Waals surface area contributed by atoms with Crippen LogP contribution in [-0.4, -0.2) is 44.6 Å². The Morgan fingerprint density at radius 1 is 1.17 bits per heavy atom. The van der Waals surface area contributed by atoms with Crippen molar-refractivity contribution in [2.45, 2.75) is 50.6 Å². The minimum absolute atomic E-state index is 0.134. The minimum Gasteiger partial charge on any atom is -0.326 e. The average molecular weight is 395 g/mol. The second-order valence-electron chi connectivity index (χ2n) is 7.69. The standard InChI is InChI=1S/C21H25N5O3/c27-18(23-17-8-2-1-7-16(17)15-25-13-6-12-22-25)9-5-14-26-19(28)21(24-20(26)29)10-3-4-11-21/h1-2,6-8,12-13H,3-5,9-11,14-15H2,(H,23,27)(H,24,29). The summed E-state index contributed by atoms with van der Waals surface area (Å²) in [5, 5.41) is 10.00. The van der Waals surface area contributed by atoms with Crippen LogP contribution in [0.5, 0.6) is 0 Å². The van der Waals surface area contributed by atoms with E-state index in [0.29, 0.717) is 25.8 Å². The quantitative estimate of drug-likeness (QED) is 0.704. The number of hydrogen-bond donors (Lipinski definition) is 2. The number of imide groups is 1. The molecule has 0 bridgehead atoms. The molecule has 0 radical (unpaired) electrons. The van der Waals surface area contributed by atoms with Gasteiger partial charge in [-0.25, -0.2) is 4.79 Å². The van der Waals surface area contributed by atoms with E-state index in [1.165, 1.54) is 4.90 Å². The van der Waals surface area contributed by atoms with Gasteiger partial charge in [-0.05, 0) is 37.0 Å². The molecular formula is C21H25N5O3. The number of urea groups is 1. The molecule has 2 N–H and O–H groups in total. The predicted molar refractivity (Wildman–Crippen MR) is 107 cm³/mol. The summed E-state index contributed by atoms with van der Waals surface area (Å²) in [6.45, 7) is 0.822. The molecule has 2 aliphatic rings. The van der Waals surface area contributed by atoms with Crippen molar-refractivity contribution in [1.82, 2.24) is 20.0 Å². The Bertz CT molecular complexity index is 903. The van der Waals surface area contributed by atoms with Crippen molar-refractivity contribution >= 4 is 23.5 Å². The number of carbonyl (C=O) groups is 3. The highest BCUT2D eigenvalue weighted by Crippen LogP contribution is 2.35. The SMILES string of the molecule is O=C(CCCN1C(=O)NC2(CCCC2)C1=O)Nc1ccccc1Cn1cccn1. The zero-order valence-electron chi connectivity index (χ0n) is 16.3. The molecule has 2 heterocycles. The number of nitrogens with zero attached hydrogens (tertiary/aromatic N) is 3. The van der Waals surface area contributed by atoms with Crippen molar-refractivity contribution in [3.05, 3.63) is 48.3 Å². The smallest absolute Gasteiger partial charge is 0.325 e. The third kappa shape index (κ3) is 4.01. The fourth-order valence-corrected chi connectivity index (χ4v) is 4.16. The van der Waals surface area contributed by atoms with E-state index in [0.717, 1.165) is 24.1 Å². The fraction of sp³-hybridized carbons (Fsp3) is 0.429. The molecule has 0 atom stereocenters. The van der Waals surface area contributed by atoms with E-state index < -0.39 is 5.54 Å². The highest BCUT2D eigenvalue weighted by molar-refractivity contribution is 6.07. The van der Waals surface area contributed by atoms with Crippen molar-refractivity contribution in [3.8, 4) is 0 Å². The summed E-state index contributed by atoms with van der Waals surface area (Å²) in [7, 11) is 0. The van der Waals surface area contributed by atoms with Crippen molar-refractivity contribution in [2.75, 3.05) is 11.9 Å². The lowest BCUT2D eigenvalue weighted by Gasteiger charge is -2.20. The Morgan fingerprint density at radius 3 is 2.72 bits per heavy atom. The Kier molecular flexibility index (Phi) is 5.33. The second-order valence-corrected chi connectivity index (χ2v) is 7.69. The molecule has 2 aromatic rings. The number of rotatable bonds is 7. The van der Waals surface area contributed by atoms with Crippen LogP contribution in [0.4, 0.5) is 10.5 Å². The molecule has 8 nitrogen and oxygen atoms in total. The average Bonchev–Trinajstić information content (AvgIpc) is 3.43. The Morgan fingerprint density at radius 2 is 1.97 bits per heavy atom. The van der Waals surface area contributed by atoms with Crippen LogP contribution < -0.4 is 10.6 Å². The van der Waals surface area contributed by atoms with Crippen molar-refractivity contribution < 1.29 is 14.4 Å². The highest BCUT2D eigenvalue weighted by Gasteiger charge is 2.51. The summed E-state index contributed by atoms with van der Waals surface area (Å²) in [6.07, 6.45) is 7.59. The molecule has 2 fully saturated rings. The second kappa shape index (κ2) is 8.06. The van der Waals surface area contributed by atoms with Gasteiger partial charge in [-0.2, -0.15) is 5.10 Å². The summed E-state index contributed by atoms with van der Waals surface area (Å²) in [5.41, 5.74) is 1.01. The number of anilines is 1. The number of nitrogens with one attached hydrogen (secondary N) is 2. The molecule has 1 aliphatic heterocycles. The van der Waals surface area contributed by atoms with Crippen LogP contribution in [0.25, 0.3) is 0 Å². The number of benzene rings is 1. The van der Waals surface area contributed by atoms with Crippen LogP contribution in [0.15, 0.2) is 42.7 Å². The zero-order valence-corrected chi connectivity index (χ0v) is 16.3. The van der Waals surface area contributed by atoms with Crippen LogP contribution in [0, 0.1) is 0 Å². The third-order valence-corrected chi connectivity index (χ3v) is 5.67. The van der Waals surface area contributed by atoms with Crippen molar-refractivity contribution in [2.24, 2.45) is 0 Å². The van der Waals surface area contributed by atoms with Crippen molar-refractivity contribution in [1.29, 1.82) is 0 Å². The van der Waals surface area contributed by atoms with Gasteiger partial charge >= 0.3 is 6.03 Å². The van der Waals surface area contributed by atoms with Crippen LogP contribution in [0.3, 0.4) is 0 Å². The topological polar surface area (TPSA) is 96.3 Å². The van der Waals surface area contributed by atoms with Gasteiger partial charge in [-0.15, -0.1) is 0 Å². The van der Waals surface area contributed by atoms with E-state index in [1.807, 2.05) is 36.5 Å². The van der Waals surface area contributed by atoms with E-state index in [4.69, 9.17) is 0 Å². The Balaban J connectivity index is 1.30. The molecule has 4 rings (SSSR count). The maximum absolute atomic E-state index is 12.6. The van der Waals surface area contributed by atoms with E-state index in [1.54, 1.807) is 10.9 Å². The molecular weight excluding hydrogens is 370 g/mol. The van der Waals surface area contributed by atoms with Crippen LogP contribution in [0.1, 0.15) is 44.1 Å². The van der Waals surface area contributed by atoms with E-state index >= 15 is 0 Å². The summed E-state index contributed by atoms with van der Waals surface area (Å²) in [5.74, 6) is -0.273. The molecule has 1 aromatic carbocycles. The molecule has 1 aromatic heterocycles. The summed E-state index contributed by atoms with van der Waals surface area (Å²) < 4.78 is 1.79. The molecule has 0 unspecified atom stereocenters. The van der Waals surface area contributed by atoms with Crippen LogP contribution >= 0.6 is 0 Å². The van der Waals surface area contributed by atoms with Gasteiger partial charge in [0.25, 0.3) is 5.91 Å². The molecule has 1 aliphatic carbocycles. The normalized spacial score (nSPS) is 17.7. The number of aromatic nitrogens is 2. The Hall–Kier alpha value is -3.16. The number of para-hydroxylation sites is 1. The zero-order chi connectivity index (χ0) is 20.3. The minimum atomic E-state index is -0.690. The van der Waals surface area contributed by atoms with Gasteiger partial charge in [0.15, 0.2) is 0 Å². The maximum Gasteiger partial charge on any atom is 0.325 e. The molecule has 152 valence electrons. The molecule has 1 saturated heterocycles. The Labute approximate surface area is 169 Å². The fourth-order valence-electron chi connectivity index (χ4n) is 4.16. The largest absolute Gasteiger partial charge is 0.326 e. The third-order valence-electron chi connectivity index (χ3n) is 5.67. The molecule has 29 heavy (non-hydrogen) atoms. The van der Waals surface area contributed by atoms with Gasteiger partial charge in [-0.1, -0.05) is 31.0 Å². The number of amides is 4. The first-order valence-corrected chi connectivity index (χ1v) is 10.1. The van der Waals surface area contributed by atoms with E-state index in [-0.39, 0.29) is 30.8 Å². The highest BCUT2D eigenvalue weighted by atomic mass is 16.2. The lowest BCUT2D eigenvalue weighted by Crippen LogP contribution is -2.44. The molecule has 8 heteroatoms. The van der Waals surface area contributed by atoms with Gasteiger partial charge in [0.05, 0.1) is 6.54 Å². The maximum atomic E-state index is 12.6. The predicted octanol–water partition coefficient (Wildman–Crippen LogP) is 2.51. The monoisotopic (exact) mass is 395 g/mol. The van der Waals surface area contributed by atoms with Crippen LogP contribution in [0.2, 0.25) is 0 Å². The van der Waals surface area contributed by atoms with Gasteiger partial charge in [0, 0.05) is 31.0 Å².